The fraction of sp³-hybridized carbons (Fsp3) is 0.625. The molecule has 0 spiro atoms. The minimum Gasteiger partial charge on any atom is -0.368 e. The maximum absolute atomic E-state index is 11.2. The van der Waals surface area contributed by atoms with Crippen LogP contribution in [0, 0.1) is 6.42 Å². The van der Waals surface area contributed by atoms with Gasteiger partial charge in [-0.25, -0.2) is 0 Å². The molecular weight excluding hydrogens is 156 g/mol. The van der Waals surface area contributed by atoms with Crippen molar-refractivity contribution < 1.29 is 9.59 Å². The highest BCUT2D eigenvalue weighted by atomic mass is 16.2. The van der Waals surface area contributed by atoms with Crippen molar-refractivity contribution in [3.63, 3.8) is 0 Å². The lowest BCUT2D eigenvalue weighted by Crippen LogP contribution is -2.43. The largest absolute Gasteiger partial charge is 0.368 e. The molecule has 1 atom stereocenters. The van der Waals surface area contributed by atoms with Crippen molar-refractivity contribution in [2.24, 2.45) is 5.73 Å². The Morgan fingerprint density at radius 2 is 2.33 bits per heavy atom. The van der Waals surface area contributed by atoms with Gasteiger partial charge in [-0.1, -0.05) is 6.92 Å². The molecule has 0 aliphatic carbocycles. The second-order valence-electron chi connectivity index (χ2n) is 2.81. The summed E-state index contributed by atoms with van der Waals surface area (Å²) in [7, 11) is 0. The SMILES string of the molecule is CCC(=O)N1CC[CH][C@@H]1C(N)=O. The number of primary amides is 1. The fourth-order valence-electron chi connectivity index (χ4n) is 1.39. The molecule has 12 heavy (non-hydrogen) atoms. The third-order valence-electron chi connectivity index (χ3n) is 2.01. The standard InChI is InChI=1S/C8H13N2O2/c1-2-7(11)10-5-3-4-6(10)8(9)12/h4,6H,2-3,5H2,1H3,(H2,9,12)/t6-/m1/s1. The van der Waals surface area contributed by atoms with E-state index in [1.165, 1.54) is 4.90 Å². The third kappa shape index (κ3) is 1.57. The molecule has 1 aliphatic rings. The zero-order valence-corrected chi connectivity index (χ0v) is 7.12. The van der Waals surface area contributed by atoms with Crippen LogP contribution in [0.25, 0.3) is 0 Å². The molecule has 0 aromatic heterocycles. The molecule has 0 aromatic carbocycles. The molecule has 1 aliphatic heterocycles. The molecule has 1 saturated heterocycles. The number of amides is 2. The van der Waals surface area contributed by atoms with E-state index >= 15 is 0 Å². The highest BCUT2D eigenvalue weighted by Gasteiger charge is 2.31. The van der Waals surface area contributed by atoms with E-state index in [0.717, 1.165) is 6.42 Å². The monoisotopic (exact) mass is 169 g/mol. The van der Waals surface area contributed by atoms with Crippen LogP contribution in [0.5, 0.6) is 0 Å². The van der Waals surface area contributed by atoms with Gasteiger partial charge in [0, 0.05) is 13.0 Å². The van der Waals surface area contributed by atoms with Crippen LogP contribution in [0.1, 0.15) is 19.8 Å². The Kier molecular flexibility index (Phi) is 2.68. The summed E-state index contributed by atoms with van der Waals surface area (Å²) in [6.07, 6.45) is 2.98. The Morgan fingerprint density at radius 1 is 1.67 bits per heavy atom. The van der Waals surface area contributed by atoms with E-state index in [0.29, 0.717) is 13.0 Å². The Hall–Kier alpha value is -1.06. The molecule has 1 heterocycles. The Labute approximate surface area is 71.7 Å². The van der Waals surface area contributed by atoms with Crippen molar-refractivity contribution in [1.82, 2.24) is 4.90 Å². The van der Waals surface area contributed by atoms with Gasteiger partial charge in [-0.15, -0.1) is 0 Å². The highest BCUT2D eigenvalue weighted by Crippen LogP contribution is 2.16. The molecule has 2 N–H and O–H groups in total. The van der Waals surface area contributed by atoms with Crippen LogP contribution in [0.3, 0.4) is 0 Å². The Morgan fingerprint density at radius 3 is 2.83 bits per heavy atom. The Balaban J connectivity index is 2.63. The van der Waals surface area contributed by atoms with Crippen LogP contribution < -0.4 is 5.73 Å². The molecular formula is C8H13N2O2. The zero-order chi connectivity index (χ0) is 9.14. The number of likely N-dealkylation sites (tertiary alicyclic amines) is 1. The molecule has 1 rings (SSSR count). The molecule has 4 nitrogen and oxygen atoms in total. The zero-order valence-electron chi connectivity index (χ0n) is 7.12. The molecule has 0 aromatic rings. The van der Waals surface area contributed by atoms with Crippen molar-refractivity contribution in [2.75, 3.05) is 6.54 Å². The van der Waals surface area contributed by atoms with E-state index in [-0.39, 0.29) is 5.91 Å². The van der Waals surface area contributed by atoms with Gasteiger partial charge in [0.15, 0.2) is 0 Å². The predicted octanol–water partition coefficient (Wildman–Crippen LogP) is -0.313. The second-order valence-corrected chi connectivity index (χ2v) is 2.81. The first-order chi connectivity index (χ1) is 5.66. The Bertz CT molecular complexity index is 203. The number of nitrogens with two attached hydrogens (primary N) is 1. The van der Waals surface area contributed by atoms with Gasteiger partial charge >= 0.3 is 0 Å². The molecule has 2 amide bonds. The maximum atomic E-state index is 11.2. The number of carbonyl (C=O) groups excluding carboxylic acids is 2. The van der Waals surface area contributed by atoms with Crippen molar-refractivity contribution in [1.29, 1.82) is 0 Å². The van der Waals surface area contributed by atoms with Gasteiger partial charge in [0.25, 0.3) is 0 Å². The first kappa shape index (κ1) is 9.03. The lowest BCUT2D eigenvalue weighted by molar-refractivity contribution is -0.136. The van der Waals surface area contributed by atoms with E-state index in [9.17, 15) is 9.59 Å². The van der Waals surface area contributed by atoms with Crippen LogP contribution in [-0.2, 0) is 9.59 Å². The molecule has 0 saturated carbocycles. The van der Waals surface area contributed by atoms with Crippen LogP contribution in [0.2, 0.25) is 0 Å². The van der Waals surface area contributed by atoms with Gasteiger partial charge in [0.1, 0.15) is 6.04 Å². The van der Waals surface area contributed by atoms with Gasteiger partial charge in [-0.2, -0.15) is 0 Å². The van der Waals surface area contributed by atoms with Gasteiger partial charge in [0.2, 0.25) is 11.8 Å². The summed E-state index contributed by atoms with van der Waals surface area (Å²) < 4.78 is 0. The summed E-state index contributed by atoms with van der Waals surface area (Å²) in [5.41, 5.74) is 5.12. The molecule has 4 heteroatoms. The smallest absolute Gasteiger partial charge is 0.240 e. The molecule has 67 valence electrons. The topological polar surface area (TPSA) is 63.4 Å². The quantitative estimate of drug-likeness (QED) is 0.616. The van der Waals surface area contributed by atoms with Gasteiger partial charge in [-0.05, 0) is 12.8 Å². The average Bonchev–Trinajstić information content (AvgIpc) is 2.50. The maximum Gasteiger partial charge on any atom is 0.240 e. The fourth-order valence-corrected chi connectivity index (χ4v) is 1.39. The minimum absolute atomic E-state index is 0.00690. The normalized spacial score (nSPS) is 22.8. The van der Waals surface area contributed by atoms with Gasteiger partial charge < -0.3 is 10.6 Å². The summed E-state index contributed by atoms with van der Waals surface area (Å²) >= 11 is 0. The van der Waals surface area contributed by atoms with Crippen LogP contribution in [-0.4, -0.2) is 29.3 Å². The number of rotatable bonds is 2. The summed E-state index contributed by atoms with van der Waals surface area (Å²) in [5, 5.41) is 0. The molecule has 0 unspecified atom stereocenters. The number of hydrogen-bond donors (Lipinski definition) is 1. The lowest BCUT2D eigenvalue weighted by atomic mass is 10.2. The first-order valence-electron chi connectivity index (χ1n) is 4.09. The van der Waals surface area contributed by atoms with Gasteiger partial charge in [-0.3, -0.25) is 9.59 Å². The molecule has 0 bridgehead atoms. The van der Waals surface area contributed by atoms with Crippen molar-refractivity contribution >= 4 is 11.8 Å². The third-order valence-corrected chi connectivity index (χ3v) is 2.01. The molecule has 1 fully saturated rings. The number of hydrogen-bond acceptors (Lipinski definition) is 2. The van der Waals surface area contributed by atoms with E-state index in [1.807, 2.05) is 0 Å². The van der Waals surface area contributed by atoms with Crippen LogP contribution in [0.15, 0.2) is 0 Å². The van der Waals surface area contributed by atoms with Gasteiger partial charge in [0.05, 0.1) is 0 Å². The second kappa shape index (κ2) is 3.56. The van der Waals surface area contributed by atoms with Crippen LogP contribution >= 0.6 is 0 Å². The van der Waals surface area contributed by atoms with Crippen LogP contribution in [0.4, 0.5) is 0 Å². The minimum atomic E-state index is -0.475. The van der Waals surface area contributed by atoms with E-state index < -0.39 is 11.9 Å². The summed E-state index contributed by atoms with van der Waals surface area (Å²) in [5.74, 6) is -0.443. The predicted molar refractivity (Wildman–Crippen MR) is 43.9 cm³/mol. The summed E-state index contributed by atoms with van der Waals surface area (Å²) in [6.45, 7) is 2.40. The number of carbonyl (C=O) groups is 2. The summed E-state index contributed by atoms with van der Waals surface area (Å²) in [6, 6.07) is -0.475. The molecule has 1 radical (unpaired) electrons. The highest BCUT2D eigenvalue weighted by molar-refractivity contribution is 5.88. The first-order valence-corrected chi connectivity index (χ1v) is 4.09. The van der Waals surface area contributed by atoms with E-state index in [1.54, 1.807) is 13.3 Å². The summed E-state index contributed by atoms with van der Waals surface area (Å²) in [4.78, 5) is 23.6. The number of nitrogens with zero attached hydrogens (tertiary/aromatic N) is 1. The van der Waals surface area contributed by atoms with E-state index in [2.05, 4.69) is 0 Å². The van der Waals surface area contributed by atoms with Crippen molar-refractivity contribution in [3.8, 4) is 0 Å². The van der Waals surface area contributed by atoms with Crippen molar-refractivity contribution in [3.05, 3.63) is 6.42 Å². The lowest BCUT2D eigenvalue weighted by Gasteiger charge is -2.20. The van der Waals surface area contributed by atoms with E-state index in [4.69, 9.17) is 5.73 Å². The average molecular weight is 169 g/mol. The van der Waals surface area contributed by atoms with Crippen molar-refractivity contribution in [2.45, 2.75) is 25.8 Å².